The Kier molecular flexibility index (Phi) is 5.39. The summed E-state index contributed by atoms with van der Waals surface area (Å²) in [6.45, 7) is 6.03. The van der Waals surface area contributed by atoms with Gasteiger partial charge in [-0.25, -0.2) is 9.97 Å². The molecule has 1 aromatic heterocycles. The highest BCUT2D eigenvalue weighted by molar-refractivity contribution is 5.49. The van der Waals surface area contributed by atoms with Crippen LogP contribution in [0.4, 0.5) is 11.6 Å². The minimum atomic E-state index is 0.607. The van der Waals surface area contributed by atoms with Crippen molar-refractivity contribution in [1.82, 2.24) is 9.97 Å². The summed E-state index contributed by atoms with van der Waals surface area (Å²) >= 11 is 0. The quantitative estimate of drug-likeness (QED) is 0.735. The molecule has 19 heavy (non-hydrogen) atoms. The van der Waals surface area contributed by atoms with Crippen molar-refractivity contribution in [3.05, 3.63) is 12.4 Å². The summed E-state index contributed by atoms with van der Waals surface area (Å²) in [4.78, 5) is 10.9. The van der Waals surface area contributed by atoms with Crippen molar-refractivity contribution >= 4 is 11.6 Å². The van der Waals surface area contributed by atoms with Crippen LogP contribution >= 0.6 is 0 Å². The third kappa shape index (κ3) is 4.06. The lowest BCUT2D eigenvalue weighted by Gasteiger charge is -2.17. The number of rotatable bonds is 7. The maximum absolute atomic E-state index is 5.73. The Balaban J connectivity index is 1.88. The summed E-state index contributed by atoms with van der Waals surface area (Å²) in [5.41, 5.74) is 5.73. The van der Waals surface area contributed by atoms with E-state index in [1.54, 1.807) is 6.33 Å². The first kappa shape index (κ1) is 14.1. The van der Waals surface area contributed by atoms with Crippen molar-refractivity contribution < 1.29 is 0 Å². The van der Waals surface area contributed by atoms with Crippen LogP contribution in [0.3, 0.4) is 0 Å². The molecule has 1 unspecified atom stereocenters. The number of hydrogen-bond donors (Lipinski definition) is 2. The average Bonchev–Trinajstić information content (AvgIpc) is 2.93. The Bertz CT molecular complexity index is 382. The SMILES string of the molecule is CCCCCNc1cc(N2CCC(CN)C2)ncn1. The van der Waals surface area contributed by atoms with Crippen LogP contribution in [0.1, 0.15) is 32.6 Å². The van der Waals surface area contributed by atoms with Crippen LogP contribution < -0.4 is 16.0 Å². The molecule has 2 heterocycles. The maximum atomic E-state index is 5.73. The van der Waals surface area contributed by atoms with Gasteiger partial charge in [-0.1, -0.05) is 19.8 Å². The molecule has 1 aliphatic heterocycles. The molecule has 5 nitrogen and oxygen atoms in total. The molecule has 3 N–H and O–H groups in total. The number of hydrogen-bond acceptors (Lipinski definition) is 5. The molecular formula is C14H25N5. The molecule has 1 saturated heterocycles. The fourth-order valence-electron chi connectivity index (χ4n) is 2.44. The third-order valence-corrected chi connectivity index (χ3v) is 3.68. The van der Waals surface area contributed by atoms with Crippen LogP contribution in [0.25, 0.3) is 0 Å². The van der Waals surface area contributed by atoms with E-state index in [1.807, 2.05) is 6.07 Å². The highest BCUT2D eigenvalue weighted by Gasteiger charge is 2.22. The van der Waals surface area contributed by atoms with E-state index in [1.165, 1.54) is 25.7 Å². The van der Waals surface area contributed by atoms with Crippen molar-refractivity contribution in [2.75, 3.05) is 36.4 Å². The van der Waals surface area contributed by atoms with E-state index in [4.69, 9.17) is 5.73 Å². The molecule has 106 valence electrons. The van der Waals surface area contributed by atoms with E-state index in [9.17, 15) is 0 Å². The summed E-state index contributed by atoms with van der Waals surface area (Å²) in [7, 11) is 0. The van der Waals surface area contributed by atoms with Crippen LogP contribution in [0.15, 0.2) is 12.4 Å². The predicted molar refractivity (Wildman–Crippen MR) is 79.4 cm³/mol. The maximum Gasteiger partial charge on any atom is 0.134 e. The molecule has 0 radical (unpaired) electrons. The largest absolute Gasteiger partial charge is 0.370 e. The molecule has 0 amide bonds. The normalized spacial score (nSPS) is 18.8. The zero-order valence-corrected chi connectivity index (χ0v) is 11.8. The van der Waals surface area contributed by atoms with E-state index in [0.717, 1.165) is 37.8 Å². The van der Waals surface area contributed by atoms with Gasteiger partial charge in [-0.05, 0) is 25.3 Å². The van der Waals surface area contributed by atoms with Crippen LogP contribution in [-0.4, -0.2) is 36.1 Å². The lowest BCUT2D eigenvalue weighted by atomic mass is 10.1. The summed E-state index contributed by atoms with van der Waals surface area (Å²) in [6, 6.07) is 2.05. The number of nitrogens with zero attached hydrogens (tertiary/aromatic N) is 3. The zero-order chi connectivity index (χ0) is 13.5. The Morgan fingerprint density at radius 3 is 3.05 bits per heavy atom. The van der Waals surface area contributed by atoms with Gasteiger partial charge in [-0.3, -0.25) is 0 Å². The zero-order valence-electron chi connectivity index (χ0n) is 11.8. The molecule has 0 saturated carbocycles. The van der Waals surface area contributed by atoms with Gasteiger partial charge >= 0.3 is 0 Å². The van der Waals surface area contributed by atoms with E-state index < -0.39 is 0 Å². The van der Waals surface area contributed by atoms with E-state index >= 15 is 0 Å². The van der Waals surface area contributed by atoms with Crippen LogP contribution in [0.2, 0.25) is 0 Å². The van der Waals surface area contributed by atoms with Crippen molar-refractivity contribution in [1.29, 1.82) is 0 Å². The number of unbranched alkanes of at least 4 members (excludes halogenated alkanes) is 2. The van der Waals surface area contributed by atoms with Crippen molar-refractivity contribution in [3.63, 3.8) is 0 Å². The first-order valence-corrected chi connectivity index (χ1v) is 7.34. The Morgan fingerprint density at radius 1 is 1.42 bits per heavy atom. The molecule has 5 heteroatoms. The minimum absolute atomic E-state index is 0.607. The molecule has 0 aromatic carbocycles. The summed E-state index contributed by atoms with van der Waals surface area (Å²) < 4.78 is 0. The number of nitrogens with one attached hydrogen (secondary N) is 1. The molecule has 0 bridgehead atoms. The molecule has 1 aliphatic rings. The molecule has 2 rings (SSSR count). The highest BCUT2D eigenvalue weighted by atomic mass is 15.2. The average molecular weight is 263 g/mol. The van der Waals surface area contributed by atoms with Gasteiger partial charge in [0.15, 0.2) is 0 Å². The predicted octanol–water partition coefficient (Wildman–Crippen LogP) is 1.86. The van der Waals surface area contributed by atoms with E-state index in [2.05, 4.69) is 27.1 Å². The van der Waals surface area contributed by atoms with Gasteiger partial charge < -0.3 is 16.0 Å². The lowest BCUT2D eigenvalue weighted by molar-refractivity contribution is 0.602. The monoisotopic (exact) mass is 263 g/mol. The Morgan fingerprint density at radius 2 is 2.32 bits per heavy atom. The van der Waals surface area contributed by atoms with Gasteiger partial charge in [0.05, 0.1) is 0 Å². The van der Waals surface area contributed by atoms with Crippen molar-refractivity contribution in [2.24, 2.45) is 11.7 Å². The topological polar surface area (TPSA) is 67.1 Å². The summed E-state index contributed by atoms with van der Waals surface area (Å²) in [5.74, 6) is 2.55. The molecule has 0 aliphatic carbocycles. The van der Waals surface area contributed by atoms with Crippen LogP contribution in [0, 0.1) is 5.92 Å². The second-order valence-corrected chi connectivity index (χ2v) is 5.23. The molecule has 1 fully saturated rings. The van der Waals surface area contributed by atoms with E-state index in [-0.39, 0.29) is 0 Å². The number of nitrogens with two attached hydrogens (primary N) is 1. The Hall–Kier alpha value is -1.36. The number of aromatic nitrogens is 2. The summed E-state index contributed by atoms with van der Waals surface area (Å²) in [5, 5.41) is 3.37. The van der Waals surface area contributed by atoms with Gasteiger partial charge in [0.25, 0.3) is 0 Å². The molecule has 1 atom stereocenters. The first-order valence-electron chi connectivity index (χ1n) is 7.34. The third-order valence-electron chi connectivity index (χ3n) is 3.68. The van der Waals surface area contributed by atoms with Gasteiger partial charge in [-0.2, -0.15) is 0 Å². The van der Waals surface area contributed by atoms with Gasteiger partial charge in [-0.15, -0.1) is 0 Å². The highest BCUT2D eigenvalue weighted by Crippen LogP contribution is 2.22. The lowest BCUT2D eigenvalue weighted by Crippen LogP contribution is -2.23. The van der Waals surface area contributed by atoms with Gasteiger partial charge in [0.2, 0.25) is 0 Å². The summed E-state index contributed by atoms with van der Waals surface area (Å²) in [6.07, 6.45) is 6.50. The van der Waals surface area contributed by atoms with E-state index in [0.29, 0.717) is 5.92 Å². The standard InChI is InChI=1S/C14H25N5/c1-2-3-4-6-16-13-8-14(18-11-17-13)19-7-5-12(9-15)10-19/h8,11-12H,2-7,9-10,15H2,1H3,(H,16,17,18). The Labute approximate surface area is 115 Å². The van der Waals surface area contributed by atoms with Crippen molar-refractivity contribution in [3.8, 4) is 0 Å². The molecule has 0 spiro atoms. The van der Waals surface area contributed by atoms with Crippen molar-refractivity contribution in [2.45, 2.75) is 32.6 Å². The van der Waals surface area contributed by atoms with Crippen LogP contribution in [-0.2, 0) is 0 Å². The van der Waals surface area contributed by atoms with Gasteiger partial charge in [0, 0.05) is 25.7 Å². The second-order valence-electron chi connectivity index (χ2n) is 5.23. The molecule has 1 aromatic rings. The first-order chi connectivity index (χ1) is 9.33. The molecular weight excluding hydrogens is 238 g/mol. The minimum Gasteiger partial charge on any atom is -0.370 e. The number of anilines is 2. The fraction of sp³-hybridized carbons (Fsp3) is 0.714. The fourth-order valence-corrected chi connectivity index (χ4v) is 2.44. The van der Waals surface area contributed by atoms with Gasteiger partial charge in [0.1, 0.15) is 18.0 Å². The smallest absolute Gasteiger partial charge is 0.134 e. The second kappa shape index (κ2) is 7.28. The van der Waals surface area contributed by atoms with Crippen LogP contribution in [0.5, 0.6) is 0 Å².